The number of aromatic nitrogens is 1. The largest absolute Gasteiger partial charge is 0.392 e. The summed E-state index contributed by atoms with van der Waals surface area (Å²) in [5.41, 5.74) is 0.850. The Balaban J connectivity index is 2.43. The SMILES string of the molecule is CCC(CC)CNc1ccc(CO)cn1. The Hall–Kier alpha value is -1.09. The van der Waals surface area contributed by atoms with Gasteiger partial charge in [0.25, 0.3) is 0 Å². The van der Waals surface area contributed by atoms with Crippen LogP contribution < -0.4 is 5.32 Å². The van der Waals surface area contributed by atoms with Gasteiger partial charge in [-0.1, -0.05) is 32.8 Å². The number of hydrogen-bond acceptors (Lipinski definition) is 3. The molecule has 3 heteroatoms. The Morgan fingerprint density at radius 3 is 2.53 bits per heavy atom. The molecule has 84 valence electrons. The van der Waals surface area contributed by atoms with Gasteiger partial charge in [-0.3, -0.25) is 0 Å². The van der Waals surface area contributed by atoms with Crippen molar-refractivity contribution in [2.45, 2.75) is 33.3 Å². The lowest BCUT2D eigenvalue weighted by Gasteiger charge is -2.13. The summed E-state index contributed by atoms with van der Waals surface area (Å²) in [6.45, 7) is 5.44. The monoisotopic (exact) mass is 208 g/mol. The van der Waals surface area contributed by atoms with Crippen molar-refractivity contribution in [2.75, 3.05) is 11.9 Å². The molecule has 15 heavy (non-hydrogen) atoms. The molecule has 0 atom stereocenters. The van der Waals surface area contributed by atoms with Crippen LogP contribution >= 0.6 is 0 Å². The number of nitrogens with one attached hydrogen (secondary N) is 1. The van der Waals surface area contributed by atoms with Crippen LogP contribution in [0.5, 0.6) is 0 Å². The molecule has 0 aliphatic rings. The molecule has 1 heterocycles. The van der Waals surface area contributed by atoms with Gasteiger partial charge in [0.1, 0.15) is 5.82 Å². The maximum Gasteiger partial charge on any atom is 0.125 e. The third-order valence-corrected chi connectivity index (χ3v) is 2.73. The molecule has 1 rings (SSSR count). The lowest BCUT2D eigenvalue weighted by molar-refractivity contribution is 0.281. The molecule has 1 aromatic rings. The van der Waals surface area contributed by atoms with Gasteiger partial charge in [-0.25, -0.2) is 4.98 Å². The zero-order valence-corrected chi connectivity index (χ0v) is 9.53. The van der Waals surface area contributed by atoms with Gasteiger partial charge in [-0.15, -0.1) is 0 Å². The van der Waals surface area contributed by atoms with Crippen molar-refractivity contribution in [3.63, 3.8) is 0 Å². The van der Waals surface area contributed by atoms with Crippen molar-refractivity contribution < 1.29 is 5.11 Å². The summed E-state index contributed by atoms with van der Waals surface area (Å²) in [5.74, 6) is 1.60. The Bertz CT molecular complexity index is 267. The number of aliphatic hydroxyl groups is 1. The predicted molar refractivity (Wildman–Crippen MR) is 62.7 cm³/mol. The molecule has 0 amide bonds. The van der Waals surface area contributed by atoms with Crippen LogP contribution in [-0.4, -0.2) is 16.6 Å². The average molecular weight is 208 g/mol. The Labute approximate surface area is 91.5 Å². The van der Waals surface area contributed by atoms with E-state index >= 15 is 0 Å². The van der Waals surface area contributed by atoms with Crippen LogP contribution in [-0.2, 0) is 6.61 Å². The highest BCUT2D eigenvalue weighted by molar-refractivity contribution is 5.35. The van der Waals surface area contributed by atoms with Crippen molar-refractivity contribution in [1.82, 2.24) is 4.98 Å². The molecule has 0 radical (unpaired) electrons. The smallest absolute Gasteiger partial charge is 0.125 e. The van der Waals surface area contributed by atoms with Crippen LogP contribution in [0, 0.1) is 5.92 Å². The van der Waals surface area contributed by atoms with Crippen molar-refractivity contribution in [2.24, 2.45) is 5.92 Å². The molecule has 0 aliphatic carbocycles. The lowest BCUT2D eigenvalue weighted by atomic mass is 10.0. The first-order valence-electron chi connectivity index (χ1n) is 5.59. The van der Waals surface area contributed by atoms with E-state index in [0.717, 1.165) is 17.9 Å². The summed E-state index contributed by atoms with van der Waals surface area (Å²) in [5, 5.41) is 12.2. The molecule has 0 fully saturated rings. The third-order valence-electron chi connectivity index (χ3n) is 2.73. The molecular weight excluding hydrogens is 188 g/mol. The van der Waals surface area contributed by atoms with E-state index in [1.54, 1.807) is 6.20 Å². The standard InChI is InChI=1S/C12H20N2O/c1-3-10(4-2)7-13-12-6-5-11(9-15)8-14-12/h5-6,8,10,15H,3-4,7,9H2,1-2H3,(H,13,14). The molecule has 0 saturated heterocycles. The molecule has 0 spiro atoms. The van der Waals surface area contributed by atoms with E-state index in [2.05, 4.69) is 24.1 Å². The van der Waals surface area contributed by atoms with E-state index in [1.807, 2.05) is 12.1 Å². The molecule has 3 nitrogen and oxygen atoms in total. The first-order chi connectivity index (χ1) is 7.30. The minimum absolute atomic E-state index is 0.0554. The average Bonchev–Trinajstić information content (AvgIpc) is 2.31. The highest BCUT2D eigenvalue weighted by Crippen LogP contribution is 2.10. The summed E-state index contributed by atoms with van der Waals surface area (Å²) in [6.07, 6.45) is 4.09. The van der Waals surface area contributed by atoms with Gasteiger partial charge in [-0.05, 0) is 17.5 Å². The van der Waals surface area contributed by atoms with Crippen LogP contribution in [0.3, 0.4) is 0 Å². The quantitative estimate of drug-likeness (QED) is 0.754. The highest BCUT2D eigenvalue weighted by Gasteiger charge is 2.02. The molecule has 1 aromatic heterocycles. The van der Waals surface area contributed by atoms with Crippen LogP contribution in [0.25, 0.3) is 0 Å². The fourth-order valence-electron chi connectivity index (χ4n) is 1.45. The molecule has 0 saturated carbocycles. The van der Waals surface area contributed by atoms with Gasteiger partial charge in [0.15, 0.2) is 0 Å². The van der Waals surface area contributed by atoms with E-state index < -0.39 is 0 Å². The second-order valence-electron chi connectivity index (χ2n) is 3.77. The molecule has 2 N–H and O–H groups in total. The maximum atomic E-state index is 8.86. The van der Waals surface area contributed by atoms with Crippen LogP contribution in [0.2, 0.25) is 0 Å². The van der Waals surface area contributed by atoms with Gasteiger partial charge >= 0.3 is 0 Å². The van der Waals surface area contributed by atoms with Gasteiger partial charge in [0, 0.05) is 12.7 Å². The van der Waals surface area contributed by atoms with Crippen LogP contribution in [0.1, 0.15) is 32.3 Å². The summed E-state index contributed by atoms with van der Waals surface area (Å²) in [4.78, 5) is 4.22. The van der Waals surface area contributed by atoms with Crippen molar-refractivity contribution in [3.8, 4) is 0 Å². The molecular formula is C12H20N2O. The highest BCUT2D eigenvalue weighted by atomic mass is 16.3. The zero-order valence-electron chi connectivity index (χ0n) is 9.53. The second kappa shape index (κ2) is 6.40. The van der Waals surface area contributed by atoms with E-state index in [0.29, 0.717) is 5.92 Å². The lowest BCUT2D eigenvalue weighted by Crippen LogP contribution is -2.13. The fourth-order valence-corrected chi connectivity index (χ4v) is 1.45. The topological polar surface area (TPSA) is 45.1 Å². The number of aliphatic hydroxyl groups excluding tert-OH is 1. The van der Waals surface area contributed by atoms with Gasteiger partial charge in [0.05, 0.1) is 6.61 Å². The first-order valence-corrected chi connectivity index (χ1v) is 5.59. The van der Waals surface area contributed by atoms with E-state index in [1.165, 1.54) is 12.8 Å². The van der Waals surface area contributed by atoms with Crippen molar-refractivity contribution in [3.05, 3.63) is 23.9 Å². The van der Waals surface area contributed by atoms with Crippen LogP contribution in [0.4, 0.5) is 5.82 Å². The summed E-state index contributed by atoms with van der Waals surface area (Å²) >= 11 is 0. The maximum absolute atomic E-state index is 8.86. The minimum atomic E-state index is 0.0554. The second-order valence-corrected chi connectivity index (χ2v) is 3.77. The van der Waals surface area contributed by atoms with Crippen molar-refractivity contribution >= 4 is 5.82 Å². The Morgan fingerprint density at radius 2 is 2.07 bits per heavy atom. The normalized spacial score (nSPS) is 10.7. The number of anilines is 1. The molecule has 0 bridgehead atoms. The molecule has 0 aromatic carbocycles. The third kappa shape index (κ3) is 3.88. The van der Waals surface area contributed by atoms with E-state index in [9.17, 15) is 0 Å². The number of nitrogens with zero attached hydrogens (tertiary/aromatic N) is 1. The number of rotatable bonds is 6. The summed E-state index contributed by atoms with van der Waals surface area (Å²) in [7, 11) is 0. The first kappa shape index (κ1) is 12.0. The van der Waals surface area contributed by atoms with Gasteiger partial charge < -0.3 is 10.4 Å². The summed E-state index contributed by atoms with van der Waals surface area (Å²) < 4.78 is 0. The van der Waals surface area contributed by atoms with Gasteiger partial charge in [0.2, 0.25) is 0 Å². The van der Waals surface area contributed by atoms with Crippen LogP contribution in [0.15, 0.2) is 18.3 Å². The number of hydrogen-bond donors (Lipinski definition) is 2. The summed E-state index contributed by atoms with van der Waals surface area (Å²) in [6, 6.07) is 3.80. The van der Waals surface area contributed by atoms with Gasteiger partial charge in [-0.2, -0.15) is 0 Å². The molecule has 0 unspecified atom stereocenters. The Morgan fingerprint density at radius 1 is 1.33 bits per heavy atom. The van der Waals surface area contributed by atoms with E-state index in [4.69, 9.17) is 5.11 Å². The Kier molecular flexibility index (Phi) is 5.12. The zero-order chi connectivity index (χ0) is 11.1. The molecule has 0 aliphatic heterocycles. The minimum Gasteiger partial charge on any atom is -0.392 e. The van der Waals surface area contributed by atoms with Crippen molar-refractivity contribution in [1.29, 1.82) is 0 Å². The number of pyridine rings is 1. The fraction of sp³-hybridized carbons (Fsp3) is 0.583. The van der Waals surface area contributed by atoms with E-state index in [-0.39, 0.29) is 6.61 Å². The predicted octanol–water partition coefficient (Wildman–Crippen LogP) is 2.42.